The van der Waals surface area contributed by atoms with E-state index in [-0.39, 0.29) is 11.4 Å². The van der Waals surface area contributed by atoms with Gasteiger partial charge in [-0.1, -0.05) is 29.3 Å². The molecule has 1 aliphatic heterocycles. The molecule has 0 radical (unpaired) electrons. The molecule has 0 bridgehead atoms. The summed E-state index contributed by atoms with van der Waals surface area (Å²) in [5.41, 5.74) is 0.464. The lowest BCUT2D eigenvalue weighted by Gasteiger charge is -2.39. The van der Waals surface area contributed by atoms with E-state index in [0.29, 0.717) is 10.6 Å². The standard InChI is InChI=1S/C14H16Cl2O7/c15-7-2-1-6(8(16)4-7)3-10(18)23-14-13(21)12(20)11(19)9(5-17)22-14/h1-2,4,9,11-14,17,19-21H,3,5H2/t9-,11-,12+,13-,14?/m1/s1/i8+2. The maximum atomic E-state index is 11.9. The molecule has 128 valence electrons. The Balaban J connectivity index is 2.01. The van der Waals surface area contributed by atoms with Crippen LogP contribution in [-0.4, -0.2) is 63.7 Å². The largest absolute Gasteiger partial charge is 0.432 e. The third-order valence-corrected chi connectivity index (χ3v) is 4.03. The molecule has 0 spiro atoms. The number of carbonyl (C=O) groups excluding carboxylic acids is 1. The zero-order chi connectivity index (χ0) is 17.1. The van der Waals surface area contributed by atoms with Crippen LogP contribution >= 0.6 is 23.2 Å². The molecular formula is C14H16Cl2O7. The lowest BCUT2D eigenvalue weighted by molar-refractivity contribution is -0.292. The van der Waals surface area contributed by atoms with Crippen LogP contribution in [0.2, 0.25) is 10.0 Å². The maximum Gasteiger partial charge on any atom is 0.312 e. The number of carbonyl (C=O) groups is 1. The zero-order valence-corrected chi connectivity index (χ0v) is 13.3. The van der Waals surface area contributed by atoms with Gasteiger partial charge >= 0.3 is 5.97 Å². The van der Waals surface area contributed by atoms with Crippen LogP contribution in [0.3, 0.4) is 0 Å². The van der Waals surface area contributed by atoms with Gasteiger partial charge in [-0.2, -0.15) is 0 Å². The first-order valence-electron chi connectivity index (χ1n) is 6.77. The number of ether oxygens (including phenoxy) is 2. The Labute approximate surface area is 142 Å². The Morgan fingerprint density at radius 3 is 2.57 bits per heavy atom. The van der Waals surface area contributed by atoms with E-state index in [9.17, 15) is 20.1 Å². The third-order valence-electron chi connectivity index (χ3n) is 3.45. The minimum Gasteiger partial charge on any atom is -0.432 e. The van der Waals surface area contributed by atoms with Crippen molar-refractivity contribution in [1.29, 1.82) is 0 Å². The quantitative estimate of drug-likeness (QED) is 0.547. The van der Waals surface area contributed by atoms with E-state index >= 15 is 0 Å². The molecule has 0 amide bonds. The summed E-state index contributed by atoms with van der Waals surface area (Å²) in [5.74, 6) is -0.765. The van der Waals surface area contributed by atoms with Crippen LogP contribution in [0.15, 0.2) is 18.2 Å². The van der Waals surface area contributed by atoms with Gasteiger partial charge in [0.2, 0.25) is 6.29 Å². The molecule has 7 nitrogen and oxygen atoms in total. The van der Waals surface area contributed by atoms with Gasteiger partial charge in [-0.25, -0.2) is 0 Å². The molecular weight excluding hydrogens is 353 g/mol. The number of benzene rings is 1. The fourth-order valence-electron chi connectivity index (χ4n) is 2.16. The Kier molecular flexibility index (Phi) is 6.21. The molecule has 0 saturated carbocycles. The van der Waals surface area contributed by atoms with Crippen molar-refractivity contribution >= 4 is 29.2 Å². The van der Waals surface area contributed by atoms with Gasteiger partial charge in [0.05, 0.1) is 13.0 Å². The molecule has 1 aromatic rings. The molecule has 2 rings (SSSR count). The second-order valence-corrected chi connectivity index (χ2v) is 5.94. The van der Waals surface area contributed by atoms with Gasteiger partial charge in [0.1, 0.15) is 24.4 Å². The maximum absolute atomic E-state index is 11.9. The second-order valence-electron chi connectivity index (χ2n) is 5.10. The first-order valence-corrected chi connectivity index (χ1v) is 7.53. The van der Waals surface area contributed by atoms with Crippen molar-refractivity contribution in [3.05, 3.63) is 33.8 Å². The Morgan fingerprint density at radius 2 is 1.96 bits per heavy atom. The predicted molar refractivity (Wildman–Crippen MR) is 80.0 cm³/mol. The highest BCUT2D eigenvalue weighted by molar-refractivity contribution is 6.35. The fraction of sp³-hybridized carbons (Fsp3) is 0.500. The first kappa shape index (κ1) is 18.4. The third kappa shape index (κ3) is 4.33. The summed E-state index contributed by atoms with van der Waals surface area (Å²) in [6, 6.07) is 4.59. The molecule has 5 atom stereocenters. The molecule has 1 heterocycles. The fourth-order valence-corrected chi connectivity index (χ4v) is 2.63. The van der Waals surface area contributed by atoms with Gasteiger partial charge in [-0.05, 0) is 17.7 Å². The van der Waals surface area contributed by atoms with E-state index in [0.717, 1.165) is 0 Å². The van der Waals surface area contributed by atoms with Gasteiger partial charge in [0, 0.05) is 10.0 Å². The summed E-state index contributed by atoms with van der Waals surface area (Å²) < 4.78 is 10.0. The number of halogens is 2. The van der Waals surface area contributed by atoms with E-state index in [4.69, 9.17) is 37.8 Å². The molecule has 4 N–H and O–H groups in total. The number of aliphatic hydroxyl groups excluding tert-OH is 4. The molecule has 1 fully saturated rings. The van der Waals surface area contributed by atoms with Gasteiger partial charge in [-0.15, -0.1) is 0 Å². The van der Waals surface area contributed by atoms with E-state index in [2.05, 4.69) is 0 Å². The number of hydrogen-bond acceptors (Lipinski definition) is 7. The lowest BCUT2D eigenvalue weighted by Crippen LogP contribution is -2.59. The zero-order valence-electron chi connectivity index (χ0n) is 11.8. The number of hydrogen-bond donors (Lipinski definition) is 4. The number of aliphatic hydroxyl groups is 4. The highest BCUT2D eigenvalue weighted by atomic mass is 35.5. The minimum absolute atomic E-state index is 0.203. The van der Waals surface area contributed by atoms with Crippen LogP contribution in [0.4, 0.5) is 0 Å². The van der Waals surface area contributed by atoms with Crippen molar-refractivity contribution < 1.29 is 34.7 Å². The Bertz CT molecular complexity index is 566. The highest BCUT2D eigenvalue weighted by Gasteiger charge is 2.45. The molecule has 23 heavy (non-hydrogen) atoms. The molecule has 1 saturated heterocycles. The summed E-state index contributed by atoms with van der Waals surface area (Å²) in [7, 11) is 0. The van der Waals surface area contributed by atoms with Crippen molar-refractivity contribution in [3.63, 3.8) is 0 Å². The van der Waals surface area contributed by atoms with Crippen molar-refractivity contribution in [3.8, 4) is 0 Å². The van der Waals surface area contributed by atoms with E-state index in [1.807, 2.05) is 0 Å². The predicted octanol–water partition coefficient (Wildman–Crippen LogP) is -0.121. The average Bonchev–Trinajstić information content (AvgIpc) is 2.50. The molecule has 0 aliphatic carbocycles. The van der Waals surface area contributed by atoms with Gasteiger partial charge < -0.3 is 29.9 Å². The van der Waals surface area contributed by atoms with Gasteiger partial charge in [0.25, 0.3) is 0 Å². The van der Waals surface area contributed by atoms with Crippen LogP contribution in [0, 0.1) is 0 Å². The molecule has 0 aromatic heterocycles. The molecule has 9 heteroatoms. The van der Waals surface area contributed by atoms with Crippen LogP contribution < -0.4 is 0 Å². The van der Waals surface area contributed by atoms with E-state index < -0.39 is 43.3 Å². The molecule has 1 aromatic carbocycles. The van der Waals surface area contributed by atoms with E-state index in [1.165, 1.54) is 6.07 Å². The Hall–Kier alpha value is -0.930. The topological polar surface area (TPSA) is 116 Å². The van der Waals surface area contributed by atoms with Crippen molar-refractivity contribution in [2.45, 2.75) is 37.1 Å². The normalized spacial score (nSPS) is 31.0. The van der Waals surface area contributed by atoms with Crippen LogP contribution in [0.1, 0.15) is 5.56 Å². The second kappa shape index (κ2) is 7.76. The molecule has 1 aliphatic rings. The minimum atomic E-state index is -1.64. The lowest BCUT2D eigenvalue weighted by atomic mass is 9.99. The summed E-state index contributed by atoms with van der Waals surface area (Å²) in [4.78, 5) is 11.9. The van der Waals surface area contributed by atoms with Crippen LogP contribution in [0.5, 0.6) is 0 Å². The summed E-state index contributed by atoms with van der Waals surface area (Å²) >= 11 is 11.7. The smallest absolute Gasteiger partial charge is 0.312 e. The summed E-state index contributed by atoms with van der Waals surface area (Å²) in [6.07, 6.45) is -7.63. The van der Waals surface area contributed by atoms with Crippen molar-refractivity contribution in [1.82, 2.24) is 0 Å². The average molecular weight is 369 g/mol. The number of rotatable bonds is 4. The monoisotopic (exact) mass is 368 g/mol. The number of esters is 1. The Morgan fingerprint density at radius 1 is 1.26 bits per heavy atom. The van der Waals surface area contributed by atoms with Crippen molar-refractivity contribution in [2.24, 2.45) is 0 Å². The van der Waals surface area contributed by atoms with Crippen molar-refractivity contribution in [2.75, 3.05) is 6.61 Å². The summed E-state index contributed by atoms with van der Waals surface area (Å²) in [5, 5.41) is 38.8. The van der Waals surface area contributed by atoms with E-state index in [1.54, 1.807) is 12.1 Å². The summed E-state index contributed by atoms with van der Waals surface area (Å²) in [6.45, 7) is -0.609. The highest BCUT2D eigenvalue weighted by Crippen LogP contribution is 2.24. The SMILES string of the molecule is O=C(Cc1ccc(Cl)c[14c]1Cl)OC1O[C@H](CO)[C@@H](O)[C@H](O)[C@H]1O. The van der Waals surface area contributed by atoms with Crippen LogP contribution in [-0.2, 0) is 20.7 Å². The van der Waals surface area contributed by atoms with Crippen LogP contribution in [0.25, 0.3) is 0 Å². The molecule has 1 unspecified atom stereocenters. The first-order chi connectivity index (χ1) is 10.8. The van der Waals surface area contributed by atoms with Gasteiger partial charge in [0.15, 0.2) is 0 Å². The van der Waals surface area contributed by atoms with Gasteiger partial charge in [-0.3, -0.25) is 4.79 Å².